The number of aliphatic hydroxyl groups is 1. The number of amides is 1. The van der Waals surface area contributed by atoms with Crippen LogP contribution in [0, 0.1) is 12.7 Å². The lowest BCUT2D eigenvalue weighted by Crippen LogP contribution is -2.54. The number of hydrogen-bond donors (Lipinski definition) is 2. The monoisotopic (exact) mass is 475 g/mol. The summed E-state index contributed by atoms with van der Waals surface area (Å²) < 4.78 is 58.7. The number of carbonyl (C=O) groups excluding carboxylic acids is 1. The molecule has 0 unspecified atom stereocenters. The third kappa shape index (κ3) is 3.69. The van der Waals surface area contributed by atoms with Gasteiger partial charge in [0.2, 0.25) is 11.7 Å². The van der Waals surface area contributed by atoms with Crippen molar-refractivity contribution in [2.45, 2.75) is 37.5 Å². The summed E-state index contributed by atoms with van der Waals surface area (Å²) >= 11 is 0. The molecule has 8 nitrogen and oxygen atoms in total. The van der Waals surface area contributed by atoms with Crippen molar-refractivity contribution in [2.24, 2.45) is 0 Å². The molecule has 1 aliphatic rings. The number of rotatable bonds is 4. The molecule has 1 aromatic carbocycles. The number of halogens is 4. The molecule has 1 aliphatic carbocycles. The van der Waals surface area contributed by atoms with Crippen molar-refractivity contribution in [1.82, 2.24) is 19.5 Å². The maximum atomic E-state index is 13.6. The Labute approximate surface area is 189 Å². The summed E-state index contributed by atoms with van der Waals surface area (Å²) in [5, 5.41) is 16.2. The molecule has 0 atom stereocenters. The molecule has 1 fully saturated rings. The molecule has 4 aromatic rings. The predicted octanol–water partition coefficient (Wildman–Crippen LogP) is 4.25. The van der Waals surface area contributed by atoms with Crippen molar-refractivity contribution in [1.29, 1.82) is 0 Å². The minimum atomic E-state index is -4.72. The van der Waals surface area contributed by atoms with Crippen LogP contribution in [0.15, 0.2) is 47.2 Å². The lowest BCUT2D eigenvalue weighted by atomic mass is 9.70. The minimum absolute atomic E-state index is 0.00263. The van der Waals surface area contributed by atoms with Crippen LogP contribution in [0.3, 0.4) is 0 Å². The Morgan fingerprint density at radius 1 is 1.26 bits per heavy atom. The maximum absolute atomic E-state index is 13.6. The Hall–Kier alpha value is -3.80. The van der Waals surface area contributed by atoms with Crippen molar-refractivity contribution in [3.8, 4) is 11.4 Å². The molecule has 34 heavy (non-hydrogen) atoms. The van der Waals surface area contributed by atoms with Gasteiger partial charge in [0.05, 0.1) is 6.20 Å². The highest BCUT2D eigenvalue weighted by atomic mass is 19.4. The van der Waals surface area contributed by atoms with E-state index in [2.05, 4.69) is 20.4 Å². The summed E-state index contributed by atoms with van der Waals surface area (Å²) in [6, 6.07) is 7.67. The normalized spacial score (nSPS) is 20.4. The third-order valence-corrected chi connectivity index (χ3v) is 5.93. The molecule has 0 spiro atoms. The summed E-state index contributed by atoms with van der Waals surface area (Å²) in [6.45, 7) is 1.77. The van der Waals surface area contributed by atoms with E-state index in [1.807, 2.05) is 0 Å². The van der Waals surface area contributed by atoms with Gasteiger partial charge in [0.15, 0.2) is 5.60 Å². The smallest absolute Gasteiger partial charge is 0.380 e. The highest BCUT2D eigenvalue weighted by Gasteiger charge is 2.62. The molecule has 1 saturated carbocycles. The summed E-state index contributed by atoms with van der Waals surface area (Å²) in [5.74, 6) is -1.61. The number of pyridine rings is 1. The van der Waals surface area contributed by atoms with Gasteiger partial charge in [-0.1, -0.05) is 17.3 Å². The molecule has 2 N–H and O–H groups in total. The zero-order chi connectivity index (χ0) is 24.3. The predicted molar refractivity (Wildman–Crippen MR) is 111 cm³/mol. The van der Waals surface area contributed by atoms with Gasteiger partial charge in [0, 0.05) is 23.4 Å². The second-order valence-electron chi connectivity index (χ2n) is 8.29. The van der Waals surface area contributed by atoms with Crippen LogP contribution in [0.4, 0.5) is 23.2 Å². The number of benzene rings is 1. The first-order valence-electron chi connectivity index (χ1n) is 10.2. The zero-order valence-corrected chi connectivity index (χ0v) is 17.6. The van der Waals surface area contributed by atoms with Crippen LogP contribution >= 0.6 is 0 Å². The molecular formula is C22H17F4N5O3. The van der Waals surface area contributed by atoms with Crippen molar-refractivity contribution >= 4 is 17.2 Å². The molecule has 0 bridgehead atoms. The van der Waals surface area contributed by atoms with Gasteiger partial charge >= 0.3 is 6.18 Å². The highest BCUT2D eigenvalue weighted by molar-refractivity contribution is 6.04. The van der Waals surface area contributed by atoms with E-state index < -0.39 is 42.3 Å². The van der Waals surface area contributed by atoms with Gasteiger partial charge in [-0.3, -0.25) is 9.20 Å². The summed E-state index contributed by atoms with van der Waals surface area (Å²) in [7, 11) is 0. The van der Waals surface area contributed by atoms with Crippen LogP contribution in [-0.2, 0) is 0 Å². The zero-order valence-electron chi connectivity index (χ0n) is 17.6. The second-order valence-corrected chi connectivity index (χ2v) is 8.29. The fourth-order valence-corrected chi connectivity index (χ4v) is 3.88. The number of carbonyl (C=O) groups is 1. The van der Waals surface area contributed by atoms with E-state index in [-0.39, 0.29) is 17.4 Å². The van der Waals surface area contributed by atoms with Crippen LogP contribution in [0.25, 0.3) is 17.0 Å². The highest BCUT2D eigenvalue weighted by Crippen LogP contribution is 2.52. The number of hydrogen-bond acceptors (Lipinski definition) is 6. The van der Waals surface area contributed by atoms with Gasteiger partial charge in [0.25, 0.3) is 5.91 Å². The van der Waals surface area contributed by atoms with Crippen molar-refractivity contribution in [3.63, 3.8) is 0 Å². The largest absolute Gasteiger partial charge is 0.417 e. The topological polar surface area (TPSA) is 106 Å². The molecule has 5 rings (SSSR count). The second kappa shape index (κ2) is 7.62. The fourth-order valence-electron chi connectivity index (χ4n) is 3.88. The van der Waals surface area contributed by atoms with Gasteiger partial charge < -0.3 is 14.9 Å². The van der Waals surface area contributed by atoms with Crippen LogP contribution < -0.4 is 5.32 Å². The van der Waals surface area contributed by atoms with E-state index >= 15 is 0 Å². The van der Waals surface area contributed by atoms with Gasteiger partial charge in [-0.05, 0) is 43.5 Å². The molecule has 12 heteroatoms. The average Bonchev–Trinajstić information content (AvgIpc) is 3.39. The lowest BCUT2D eigenvalue weighted by molar-refractivity contribution is -0.292. The molecule has 0 saturated heterocycles. The van der Waals surface area contributed by atoms with Crippen molar-refractivity contribution in [2.75, 3.05) is 5.32 Å². The third-order valence-electron chi connectivity index (χ3n) is 5.93. The molecule has 3 aromatic heterocycles. The number of anilines is 1. The van der Waals surface area contributed by atoms with Crippen molar-refractivity contribution < 1.29 is 32.0 Å². The van der Waals surface area contributed by atoms with Gasteiger partial charge in [-0.2, -0.15) is 18.2 Å². The number of aryl methyl sites for hydroxylation is 1. The van der Waals surface area contributed by atoms with Gasteiger partial charge in [0.1, 0.15) is 17.2 Å². The summed E-state index contributed by atoms with van der Waals surface area (Å²) in [6.07, 6.45) is -3.33. The molecule has 0 radical (unpaired) electrons. The van der Waals surface area contributed by atoms with Crippen LogP contribution in [0.1, 0.15) is 40.7 Å². The number of alkyl halides is 3. The first-order chi connectivity index (χ1) is 16.0. The molecule has 176 valence electrons. The Morgan fingerprint density at radius 3 is 2.76 bits per heavy atom. The van der Waals surface area contributed by atoms with E-state index in [0.717, 1.165) is 11.8 Å². The molecule has 3 heterocycles. The minimum Gasteiger partial charge on any atom is -0.380 e. The van der Waals surface area contributed by atoms with Crippen molar-refractivity contribution in [3.05, 3.63) is 65.7 Å². The van der Waals surface area contributed by atoms with E-state index in [9.17, 15) is 27.5 Å². The van der Waals surface area contributed by atoms with Gasteiger partial charge in [-0.25, -0.2) is 9.37 Å². The van der Waals surface area contributed by atoms with Crippen LogP contribution in [0.5, 0.6) is 0 Å². The van der Waals surface area contributed by atoms with Crippen LogP contribution in [-0.4, -0.2) is 42.3 Å². The Kier molecular flexibility index (Phi) is 4.93. The Balaban J connectivity index is 1.36. The average molecular weight is 475 g/mol. The van der Waals surface area contributed by atoms with E-state index in [0.29, 0.717) is 16.9 Å². The first-order valence-corrected chi connectivity index (χ1v) is 10.2. The maximum Gasteiger partial charge on any atom is 0.417 e. The molecule has 1 amide bonds. The standard InChI is InChI=1S/C22H17F4N5O3/c1-11-2-3-12(18-29-20(34-30-18)13-7-21(33,8-13)22(24,25)26)6-15(11)28-19(32)16-9-27-17-5-4-14(23)10-31(16)17/h2-6,9-10,13,33H,7-8H2,1H3,(H,28,32)/t13-,21+. The first kappa shape index (κ1) is 22.0. The fraction of sp³-hybridized carbons (Fsp3) is 0.273. The molecular weight excluding hydrogens is 458 g/mol. The number of fused-ring (bicyclic) bond motifs is 1. The van der Waals surface area contributed by atoms with Gasteiger partial charge in [-0.15, -0.1) is 0 Å². The van der Waals surface area contributed by atoms with E-state index in [4.69, 9.17) is 4.52 Å². The van der Waals surface area contributed by atoms with E-state index in [1.54, 1.807) is 25.1 Å². The molecule has 0 aliphatic heterocycles. The number of imidazole rings is 1. The number of nitrogens with zero attached hydrogens (tertiary/aromatic N) is 4. The summed E-state index contributed by atoms with van der Waals surface area (Å²) in [4.78, 5) is 21.1. The Morgan fingerprint density at radius 2 is 2.03 bits per heavy atom. The Bertz CT molecular complexity index is 1410. The number of nitrogens with one attached hydrogen (secondary N) is 1. The summed E-state index contributed by atoms with van der Waals surface area (Å²) in [5.41, 5.74) is -0.599. The quantitative estimate of drug-likeness (QED) is 0.428. The SMILES string of the molecule is Cc1ccc(-c2noc([C@H]3C[C@](O)(C(F)(F)F)C3)n2)cc1NC(=O)c1cnc2ccc(F)cn12. The van der Waals surface area contributed by atoms with Crippen LogP contribution in [0.2, 0.25) is 0 Å². The van der Waals surface area contributed by atoms with E-state index in [1.165, 1.54) is 22.7 Å². The lowest BCUT2D eigenvalue weighted by Gasteiger charge is -2.42. The number of aromatic nitrogens is 4.